The second-order valence-electron chi connectivity index (χ2n) is 10.4. The molecule has 8 rings (SSSR count). The third kappa shape index (κ3) is 5.04. The molecule has 6 aromatic rings. The van der Waals surface area contributed by atoms with Crippen LogP contribution >= 0.6 is 22.6 Å². The fourth-order valence-corrected chi connectivity index (χ4v) is 6.36. The largest absolute Gasteiger partial charge is 2.00 e. The van der Waals surface area contributed by atoms with Crippen LogP contribution in [-0.2, 0) is 16.5 Å². The summed E-state index contributed by atoms with van der Waals surface area (Å²) in [6.45, 7) is 0. The molecule has 3 aromatic carbocycles. The Morgan fingerprint density at radius 3 is 1.11 bits per heavy atom. The summed E-state index contributed by atoms with van der Waals surface area (Å²) in [5, 5.41) is 0. The molecule has 6 heteroatoms. The van der Waals surface area contributed by atoms with Crippen molar-refractivity contribution in [3.8, 4) is 33.4 Å². The van der Waals surface area contributed by atoms with E-state index in [0.717, 1.165) is 81.8 Å². The van der Waals surface area contributed by atoms with Gasteiger partial charge < -0.3 is 9.97 Å². The Labute approximate surface area is 278 Å². The molecule has 0 amide bonds. The van der Waals surface area contributed by atoms with Crippen molar-refractivity contribution in [2.24, 2.45) is 0 Å². The van der Waals surface area contributed by atoms with Crippen LogP contribution in [0.2, 0.25) is 0 Å². The van der Waals surface area contributed by atoms with Gasteiger partial charge >= 0.3 is 16.5 Å². The zero-order valence-electron chi connectivity index (χ0n) is 23.3. The van der Waals surface area contributed by atoms with Crippen molar-refractivity contribution in [1.82, 2.24) is 19.9 Å². The molecule has 0 saturated heterocycles. The van der Waals surface area contributed by atoms with Crippen molar-refractivity contribution in [1.29, 1.82) is 0 Å². The quantitative estimate of drug-likeness (QED) is 0.135. The first-order valence-corrected chi connectivity index (χ1v) is 15.2. The first-order chi connectivity index (χ1) is 21.2. The Balaban J connectivity index is 0.00000312. The van der Waals surface area contributed by atoms with Crippen LogP contribution in [0, 0.1) is 3.57 Å². The second-order valence-corrected chi connectivity index (χ2v) is 11.5. The van der Waals surface area contributed by atoms with Gasteiger partial charge in [0.05, 0.1) is 22.8 Å². The molecule has 0 saturated carbocycles. The summed E-state index contributed by atoms with van der Waals surface area (Å²) < 4.78 is 0.994. The van der Waals surface area contributed by atoms with E-state index in [9.17, 15) is 0 Å². The van der Waals surface area contributed by atoms with E-state index in [2.05, 4.69) is 144 Å². The molecule has 0 fully saturated rings. The molecule has 0 spiro atoms. The first-order valence-electron chi connectivity index (χ1n) is 14.1. The van der Waals surface area contributed by atoms with E-state index in [1.165, 1.54) is 0 Å². The fraction of sp³-hybridized carbons (Fsp3) is 0. The number of hydrogen-bond donors (Lipinski definition) is 0. The molecule has 4 nitrogen and oxygen atoms in total. The van der Waals surface area contributed by atoms with Gasteiger partial charge in [0.1, 0.15) is 0 Å². The molecule has 0 atom stereocenters. The Hall–Kier alpha value is -4.52. The van der Waals surface area contributed by atoms with E-state index in [1.807, 2.05) is 18.2 Å². The van der Waals surface area contributed by atoms with E-state index in [1.54, 1.807) is 0 Å². The van der Waals surface area contributed by atoms with Gasteiger partial charge in [0.2, 0.25) is 0 Å². The smallest absolute Gasteiger partial charge is 0.657 e. The van der Waals surface area contributed by atoms with Crippen LogP contribution in [0.3, 0.4) is 0 Å². The van der Waals surface area contributed by atoms with Crippen LogP contribution in [0.25, 0.3) is 79.8 Å². The van der Waals surface area contributed by atoms with Crippen LogP contribution in [0.1, 0.15) is 22.8 Å². The molecule has 44 heavy (non-hydrogen) atoms. The molecule has 2 aliphatic heterocycles. The van der Waals surface area contributed by atoms with Gasteiger partial charge in [-0.25, -0.2) is 9.97 Å². The van der Waals surface area contributed by atoms with E-state index in [4.69, 9.17) is 19.9 Å². The Kier molecular flexibility index (Phi) is 7.63. The topological polar surface area (TPSA) is 54.0 Å². The average molecular weight is 721 g/mol. The van der Waals surface area contributed by atoms with Gasteiger partial charge in [0.25, 0.3) is 0 Å². The number of halogens is 1. The molecular weight excluding hydrogens is 698 g/mol. The zero-order valence-corrected chi connectivity index (χ0v) is 26.4. The van der Waals surface area contributed by atoms with Gasteiger partial charge in [-0.05, 0) is 80.3 Å². The van der Waals surface area contributed by atoms with Gasteiger partial charge in [-0.15, -0.1) is 22.1 Å². The van der Waals surface area contributed by atoms with Gasteiger partial charge in [-0.3, -0.25) is 0 Å². The summed E-state index contributed by atoms with van der Waals surface area (Å²) in [5.41, 5.74) is 13.2. The predicted octanol–water partition coefficient (Wildman–Crippen LogP) is 9.52. The molecule has 0 unspecified atom stereocenters. The maximum atomic E-state index is 5.25. The van der Waals surface area contributed by atoms with Crippen molar-refractivity contribution in [3.05, 3.63) is 142 Å². The third-order valence-electron chi connectivity index (χ3n) is 7.73. The van der Waals surface area contributed by atoms with Crippen LogP contribution in [0.15, 0.2) is 115 Å². The summed E-state index contributed by atoms with van der Waals surface area (Å²) in [7, 11) is 0. The van der Waals surface area contributed by atoms with Crippen molar-refractivity contribution >= 4 is 69.0 Å². The van der Waals surface area contributed by atoms with Crippen LogP contribution < -0.4 is 9.97 Å². The minimum absolute atomic E-state index is 0. The first kappa shape index (κ1) is 28.3. The maximum absolute atomic E-state index is 5.25. The zero-order chi connectivity index (χ0) is 28.8. The number of hydrogen-bond acceptors (Lipinski definition) is 2. The molecule has 0 aliphatic carbocycles. The number of fused-ring (bicyclic) bond motifs is 8. The van der Waals surface area contributed by atoms with E-state index >= 15 is 0 Å². The van der Waals surface area contributed by atoms with E-state index in [0.29, 0.717) is 0 Å². The summed E-state index contributed by atoms with van der Waals surface area (Å²) in [6, 6.07) is 39.5. The molecule has 0 N–H and O–H groups in total. The maximum Gasteiger partial charge on any atom is 2.00 e. The monoisotopic (exact) mass is 720 g/mol. The average Bonchev–Trinajstić information content (AvgIpc) is 3.88. The molecule has 3 aromatic heterocycles. The summed E-state index contributed by atoms with van der Waals surface area (Å²) in [5.74, 6) is 0. The van der Waals surface area contributed by atoms with Crippen molar-refractivity contribution in [3.63, 3.8) is 0 Å². The van der Waals surface area contributed by atoms with E-state index in [-0.39, 0.29) is 16.5 Å². The Morgan fingerprint density at radius 1 is 0.386 bits per heavy atom. The number of aromatic nitrogens is 4. The number of nitrogens with zero attached hydrogens (tertiary/aromatic N) is 4. The van der Waals surface area contributed by atoms with Crippen LogP contribution in [0.4, 0.5) is 0 Å². The molecule has 0 radical (unpaired) electrons. The normalized spacial score (nSPS) is 11.8. The summed E-state index contributed by atoms with van der Waals surface area (Å²) >= 11 is 2.37. The molecule has 212 valence electrons. The Morgan fingerprint density at radius 2 is 0.705 bits per heavy atom. The van der Waals surface area contributed by atoms with Crippen molar-refractivity contribution in [2.75, 3.05) is 0 Å². The predicted molar refractivity (Wildman–Crippen MR) is 186 cm³/mol. The Bertz CT molecular complexity index is 2190. The van der Waals surface area contributed by atoms with Gasteiger partial charge in [0, 0.05) is 3.57 Å². The fourth-order valence-electron chi connectivity index (χ4n) is 5.76. The van der Waals surface area contributed by atoms with Crippen LogP contribution in [0.5, 0.6) is 0 Å². The van der Waals surface area contributed by atoms with Gasteiger partial charge in [-0.1, -0.05) is 115 Å². The molecule has 8 bridgehead atoms. The minimum atomic E-state index is 0. The molecular formula is C38H23IN4Ni. The third-order valence-corrected chi connectivity index (χ3v) is 8.84. The summed E-state index contributed by atoms with van der Waals surface area (Å²) in [4.78, 5) is 20.7. The SMILES string of the molecule is Ic1c2nc(c(-c3ccccc3)c3ccc([n-]3)c(-c3ccccc3)c3nc(c(-c4ccccc4)c4ccc1[n-]4)C=C3)C=C2.[Ni+2]. The minimum Gasteiger partial charge on any atom is -0.657 e. The van der Waals surface area contributed by atoms with Crippen LogP contribution in [-0.4, -0.2) is 9.97 Å². The van der Waals surface area contributed by atoms with Gasteiger partial charge in [-0.2, -0.15) is 0 Å². The van der Waals surface area contributed by atoms with Crippen molar-refractivity contribution < 1.29 is 16.5 Å². The second kappa shape index (κ2) is 11.9. The van der Waals surface area contributed by atoms with Crippen molar-refractivity contribution in [2.45, 2.75) is 0 Å². The molecule has 5 heterocycles. The molecule has 2 aliphatic rings. The van der Waals surface area contributed by atoms with E-state index < -0.39 is 0 Å². The standard InChI is InChI=1S/C38H23IN4.Ni/c39-38-33-22-20-31(42-33)36(25-12-6-2-7-13-25)29-18-16-27(40-29)35(24-10-4-1-5-11-24)28-17-19-30(41-28)37(26-14-8-3-9-15-26)32-21-23-34(38)43-32;/h1-23H;/q-2;+2. The summed E-state index contributed by atoms with van der Waals surface area (Å²) in [6.07, 6.45) is 8.35. The number of rotatable bonds is 3. The van der Waals surface area contributed by atoms with Gasteiger partial charge in [0.15, 0.2) is 0 Å². The number of benzene rings is 3.